The third-order valence-electron chi connectivity index (χ3n) is 8.28. The monoisotopic (exact) mass is 488 g/mol. The average Bonchev–Trinajstić information content (AvgIpc) is 3.26. The standard InChI is InChI=1S/C30H40N4O2/c1-21-23(3)33(29-11-7-5-9-27(21)29)19-25(35)17-31-13-15-32(16-14-31)18-26(36)20-34-24(4)22(2)28-10-6-8-12-30(28)34/h5-12,25-26,35-36H,13-20H2,1-4H3/t25-,26-/m1/s1. The molecule has 0 spiro atoms. The molecule has 2 N–H and O–H groups in total. The van der Waals surface area contributed by atoms with Crippen LogP contribution in [0.5, 0.6) is 0 Å². The summed E-state index contributed by atoms with van der Waals surface area (Å²) in [4.78, 5) is 4.71. The quantitative estimate of drug-likeness (QED) is 0.395. The van der Waals surface area contributed by atoms with E-state index in [-0.39, 0.29) is 0 Å². The van der Waals surface area contributed by atoms with Crippen LogP contribution < -0.4 is 0 Å². The van der Waals surface area contributed by atoms with Crippen molar-refractivity contribution in [3.63, 3.8) is 0 Å². The first-order chi connectivity index (χ1) is 17.3. The van der Waals surface area contributed by atoms with Crippen molar-refractivity contribution in [2.75, 3.05) is 39.3 Å². The maximum absolute atomic E-state index is 10.9. The van der Waals surface area contributed by atoms with Crippen LogP contribution in [0.2, 0.25) is 0 Å². The van der Waals surface area contributed by atoms with Gasteiger partial charge in [-0.05, 0) is 51.0 Å². The number of nitrogens with zero attached hydrogens (tertiary/aromatic N) is 4. The fraction of sp³-hybridized carbons (Fsp3) is 0.467. The molecule has 0 amide bonds. The van der Waals surface area contributed by atoms with Gasteiger partial charge in [-0.25, -0.2) is 0 Å². The summed E-state index contributed by atoms with van der Waals surface area (Å²) in [6.45, 7) is 14.9. The highest BCUT2D eigenvalue weighted by molar-refractivity contribution is 5.86. The average molecular weight is 489 g/mol. The van der Waals surface area contributed by atoms with E-state index in [1.165, 1.54) is 44.3 Å². The first kappa shape index (κ1) is 25.0. The van der Waals surface area contributed by atoms with Gasteiger partial charge in [-0.15, -0.1) is 0 Å². The number of hydrogen-bond acceptors (Lipinski definition) is 4. The van der Waals surface area contributed by atoms with Gasteiger partial charge in [0.2, 0.25) is 0 Å². The predicted molar refractivity (Wildman–Crippen MR) is 148 cm³/mol. The Morgan fingerprint density at radius 2 is 0.944 bits per heavy atom. The van der Waals surface area contributed by atoms with Crippen molar-refractivity contribution >= 4 is 21.8 Å². The molecule has 2 aromatic heterocycles. The van der Waals surface area contributed by atoms with Gasteiger partial charge < -0.3 is 19.3 Å². The molecule has 1 saturated heterocycles. The summed E-state index contributed by atoms with van der Waals surface area (Å²) in [5.41, 5.74) is 7.45. The Hall–Kier alpha value is -2.64. The SMILES string of the molecule is Cc1c(C)n(C[C@H](O)CN2CCN(C[C@@H](O)Cn3c(C)c(C)c4ccccc43)CC2)c2ccccc12. The van der Waals surface area contributed by atoms with Gasteiger partial charge in [0.25, 0.3) is 0 Å². The summed E-state index contributed by atoms with van der Waals surface area (Å²) in [5.74, 6) is 0. The van der Waals surface area contributed by atoms with Crippen LogP contribution in [0, 0.1) is 27.7 Å². The number of rotatable bonds is 8. The molecule has 0 unspecified atom stereocenters. The molecule has 2 atom stereocenters. The molecule has 1 aliphatic rings. The number of aliphatic hydroxyl groups is 2. The third kappa shape index (κ3) is 4.83. The van der Waals surface area contributed by atoms with Crippen molar-refractivity contribution in [3.05, 3.63) is 71.0 Å². The second-order valence-corrected chi connectivity index (χ2v) is 10.6. The smallest absolute Gasteiger partial charge is 0.0845 e. The van der Waals surface area contributed by atoms with E-state index in [9.17, 15) is 10.2 Å². The molecule has 0 saturated carbocycles. The van der Waals surface area contributed by atoms with Crippen molar-refractivity contribution in [2.45, 2.75) is 53.0 Å². The normalized spacial score (nSPS) is 17.3. The minimum Gasteiger partial charge on any atom is -0.390 e. The molecule has 5 rings (SSSR count). The van der Waals surface area contributed by atoms with Gasteiger partial charge in [0.15, 0.2) is 0 Å². The number of β-amino-alcohol motifs (C(OH)–C–C–N with tert-alkyl or cyclic N) is 2. The lowest BCUT2D eigenvalue weighted by molar-refractivity contribution is 0.0407. The fourth-order valence-electron chi connectivity index (χ4n) is 5.97. The summed E-state index contributed by atoms with van der Waals surface area (Å²) >= 11 is 0. The molecule has 2 aromatic carbocycles. The Kier molecular flexibility index (Phi) is 7.22. The van der Waals surface area contributed by atoms with Gasteiger partial charge in [0.1, 0.15) is 0 Å². The van der Waals surface area contributed by atoms with E-state index >= 15 is 0 Å². The number of aliphatic hydroxyl groups excluding tert-OH is 2. The molecular weight excluding hydrogens is 448 g/mol. The molecule has 6 heteroatoms. The van der Waals surface area contributed by atoms with Crippen LogP contribution in [0.15, 0.2) is 48.5 Å². The first-order valence-electron chi connectivity index (χ1n) is 13.2. The number of aryl methyl sites for hydroxylation is 2. The fourth-order valence-corrected chi connectivity index (χ4v) is 5.97. The lowest BCUT2D eigenvalue weighted by Gasteiger charge is -2.36. The van der Waals surface area contributed by atoms with E-state index in [1.807, 2.05) is 0 Å². The summed E-state index contributed by atoms with van der Waals surface area (Å²) in [6, 6.07) is 16.9. The van der Waals surface area contributed by atoms with Crippen LogP contribution in [-0.2, 0) is 13.1 Å². The van der Waals surface area contributed by atoms with Crippen LogP contribution in [0.3, 0.4) is 0 Å². The maximum Gasteiger partial charge on any atom is 0.0845 e. The van der Waals surface area contributed by atoms with Crippen LogP contribution in [0.25, 0.3) is 21.8 Å². The Labute approximate surface area is 214 Å². The molecule has 4 aromatic rings. The van der Waals surface area contributed by atoms with E-state index in [2.05, 4.69) is 95.2 Å². The topological polar surface area (TPSA) is 56.8 Å². The highest BCUT2D eigenvalue weighted by Crippen LogP contribution is 2.26. The molecule has 0 bridgehead atoms. The van der Waals surface area contributed by atoms with Crippen molar-refractivity contribution in [3.8, 4) is 0 Å². The van der Waals surface area contributed by atoms with E-state index in [0.29, 0.717) is 26.2 Å². The van der Waals surface area contributed by atoms with Gasteiger partial charge in [0.05, 0.1) is 25.3 Å². The predicted octanol–water partition coefficient (Wildman–Crippen LogP) is 3.87. The Morgan fingerprint density at radius 3 is 1.33 bits per heavy atom. The zero-order valence-corrected chi connectivity index (χ0v) is 22.1. The van der Waals surface area contributed by atoms with E-state index < -0.39 is 12.2 Å². The molecule has 0 aliphatic carbocycles. The van der Waals surface area contributed by atoms with Crippen LogP contribution >= 0.6 is 0 Å². The first-order valence-corrected chi connectivity index (χ1v) is 13.2. The largest absolute Gasteiger partial charge is 0.390 e. The lowest BCUT2D eigenvalue weighted by atomic mass is 10.2. The summed E-state index contributed by atoms with van der Waals surface area (Å²) < 4.78 is 4.52. The molecule has 1 aliphatic heterocycles. The number of aromatic nitrogens is 2. The van der Waals surface area contributed by atoms with Gasteiger partial charge in [-0.1, -0.05) is 36.4 Å². The maximum atomic E-state index is 10.9. The van der Waals surface area contributed by atoms with E-state index in [4.69, 9.17) is 0 Å². The Bertz CT molecular complexity index is 1240. The number of hydrogen-bond donors (Lipinski definition) is 2. The number of piperazine rings is 1. The summed E-state index contributed by atoms with van der Waals surface area (Å²) in [5, 5.41) is 24.4. The van der Waals surface area contributed by atoms with Gasteiger partial charge >= 0.3 is 0 Å². The van der Waals surface area contributed by atoms with Crippen LogP contribution in [0.4, 0.5) is 0 Å². The van der Waals surface area contributed by atoms with Crippen molar-refractivity contribution in [2.24, 2.45) is 0 Å². The molecule has 36 heavy (non-hydrogen) atoms. The van der Waals surface area contributed by atoms with Gasteiger partial charge in [0, 0.05) is 72.5 Å². The second kappa shape index (κ2) is 10.4. The molecule has 0 radical (unpaired) electrons. The molecule has 3 heterocycles. The molecular formula is C30H40N4O2. The highest BCUT2D eigenvalue weighted by Gasteiger charge is 2.23. The van der Waals surface area contributed by atoms with E-state index in [1.54, 1.807) is 0 Å². The van der Waals surface area contributed by atoms with Crippen LogP contribution in [-0.4, -0.2) is 80.6 Å². The Morgan fingerprint density at radius 1 is 0.583 bits per heavy atom. The van der Waals surface area contributed by atoms with Crippen molar-refractivity contribution in [1.29, 1.82) is 0 Å². The number of benzene rings is 2. The zero-order chi connectivity index (χ0) is 25.4. The molecule has 1 fully saturated rings. The van der Waals surface area contributed by atoms with Crippen molar-refractivity contribution < 1.29 is 10.2 Å². The van der Waals surface area contributed by atoms with Gasteiger partial charge in [-0.2, -0.15) is 0 Å². The molecule has 6 nitrogen and oxygen atoms in total. The zero-order valence-electron chi connectivity index (χ0n) is 22.1. The second-order valence-electron chi connectivity index (χ2n) is 10.6. The summed E-state index contributed by atoms with van der Waals surface area (Å²) in [6.07, 6.45) is -0.825. The number of para-hydroxylation sites is 2. The van der Waals surface area contributed by atoms with Crippen molar-refractivity contribution in [1.82, 2.24) is 18.9 Å². The minimum atomic E-state index is -0.413. The Balaban J connectivity index is 1.13. The summed E-state index contributed by atoms with van der Waals surface area (Å²) in [7, 11) is 0. The molecule has 192 valence electrons. The minimum absolute atomic E-state index is 0.413. The lowest BCUT2D eigenvalue weighted by Crippen LogP contribution is -2.50. The third-order valence-corrected chi connectivity index (χ3v) is 8.28. The highest BCUT2D eigenvalue weighted by atomic mass is 16.3. The number of fused-ring (bicyclic) bond motifs is 2. The van der Waals surface area contributed by atoms with E-state index in [0.717, 1.165) is 26.2 Å². The van der Waals surface area contributed by atoms with Gasteiger partial charge in [-0.3, -0.25) is 9.80 Å². The van der Waals surface area contributed by atoms with Crippen LogP contribution in [0.1, 0.15) is 22.5 Å².